The van der Waals surface area contributed by atoms with Gasteiger partial charge in [0.25, 0.3) is 0 Å². The second-order valence-electron chi connectivity index (χ2n) is 3.42. The molecule has 1 heterocycles. The van der Waals surface area contributed by atoms with Crippen molar-refractivity contribution in [2.45, 2.75) is 0 Å². The minimum absolute atomic E-state index is 0.0419. The quantitative estimate of drug-likeness (QED) is 0.742. The topological polar surface area (TPSA) is 77.2 Å². The van der Waals surface area contributed by atoms with Crippen molar-refractivity contribution in [2.24, 2.45) is 10.1 Å². The monoisotopic (exact) mass is 251 g/mol. The first-order valence-electron chi connectivity index (χ1n) is 5.19. The van der Waals surface area contributed by atoms with Gasteiger partial charge >= 0.3 is 0 Å². The van der Waals surface area contributed by atoms with E-state index in [4.69, 9.17) is 5.11 Å². The number of hydrogen-bond acceptors (Lipinski definition) is 5. The van der Waals surface area contributed by atoms with E-state index in [9.17, 15) is 5.11 Å². The van der Waals surface area contributed by atoms with Crippen LogP contribution in [0.25, 0.3) is 0 Å². The third-order valence-electron chi connectivity index (χ3n) is 2.19. The maximum Gasteiger partial charge on any atom is 0.177 e. The SMILES string of the molecule is OCCN=C1NN=C(c2ccc(O)cc2)CS1. The molecule has 90 valence electrons. The van der Waals surface area contributed by atoms with Crippen LogP contribution in [0.4, 0.5) is 0 Å². The fraction of sp³-hybridized carbons (Fsp3) is 0.273. The number of phenolic OH excluding ortho intramolecular Hbond substituents is 1. The van der Waals surface area contributed by atoms with Crippen molar-refractivity contribution in [1.82, 2.24) is 5.43 Å². The number of benzene rings is 1. The Labute approximate surface area is 103 Å². The van der Waals surface area contributed by atoms with E-state index in [2.05, 4.69) is 15.5 Å². The fourth-order valence-electron chi connectivity index (χ4n) is 1.35. The lowest BCUT2D eigenvalue weighted by Crippen LogP contribution is -2.25. The Bertz CT molecular complexity index is 443. The lowest BCUT2D eigenvalue weighted by atomic mass is 10.1. The summed E-state index contributed by atoms with van der Waals surface area (Å²) < 4.78 is 0. The van der Waals surface area contributed by atoms with Crippen LogP contribution in [0.3, 0.4) is 0 Å². The molecule has 3 N–H and O–H groups in total. The van der Waals surface area contributed by atoms with Crippen LogP contribution >= 0.6 is 11.8 Å². The Balaban J connectivity index is 2.05. The molecular formula is C11H13N3O2S. The highest BCUT2D eigenvalue weighted by atomic mass is 32.2. The van der Waals surface area contributed by atoms with Crippen LogP contribution in [0, 0.1) is 0 Å². The number of amidine groups is 1. The van der Waals surface area contributed by atoms with Gasteiger partial charge in [0.2, 0.25) is 0 Å². The smallest absolute Gasteiger partial charge is 0.177 e. The van der Waals surface area contributed by atoms with Crippen molar-refractivity contribution in [3.63, 3.8) is 0 Å². The van der Waals surface area contributed by atoms with E-state index in [1.807, 2.05) is 12.1 Å². The number of rotatable bonds is 3. The van der Waals surface area contributed by atoms with Crippen LogP contribution in [-0.2, 0) is 0 Å². The molecule has 5 nitrogen and oxygen atoms in total. The molecule has 2 rings (SSSR count). The molecule has 1 aromatic rings. The van der Waals surface area contributed by atoms with Gasteiger partial charge in [-0.2, -0.15) is 5.10 Å². The normalized spacial score (nSPS) is 17.7. The molecule has 0 aromatic heterocycles. The lowest BCUT2D eigenvalue weighted by Gasteiger charge is -2.14. The fourth-order valence-corrected chi connectivity index (χ4v) is 2.15. The van der Waals surface area contributed by atoms with E-state index in [1.165, 1.54) is 0 Å². The summed E-state index contributed by atoms with van der Waals surface area (Å²) in [5.41, 5.74) is 4.74. The van der Waals surface area contributed by atoms with Crippen molar-refractivity contribution < 1.29 is 10.2 Å². The lowest BCUT2D eigenvalue weighted by molar-refractivity contribution is 0.307. The summed E-state index contributed by atoms with van der Waals surface area (Å²) in [5.74, 6) is 0.971. The average molecular weight is 251 g/mol. The molecule has 0 spiro atoms. The van der Waals surface area contributed by atoms with Crippen LogP contribution in [0.15, 0.2) is 34.4 Å². The van der Waals surface area contributed by atoms with Gasteiger partial charge in [-0.25, -0.2) is 0 Å². The number of thioether (sulfide) groups is 1. The molecule has 0 saturated heterocycles. The highest BCUT2D eigenvalue weighted by Crippen LogP contribution is 2.16. The van der Waals surface area contributed by atoms with Gasteiger partial charge in [0.1, 0.15) is 5.75 Å². The van der Waals surface area contributed by atoms with Gasteiger partial charge in [-0.05, 0) is 29.8 Å². The van der Waals surface area contributed by atoms with E-state index in [0.29, 0.717) is 6.54 Å². The van der Waals surface area contributed by atoms with Gasteiger partial charge in [-0.1, -0.05) is 11.8 Å². The largest absolute Gasteiger partial charge is 0.508 e. The second-order valence-corrected chi connectivity index (χ2v) is 4.38. The second kappa shape index (κ2) is 5.70. The Hall–Kier alpha value is -1.53. The predicted octanol–water partition coefficient (Wildman–Crippen LogP) is 0.781. The van der Waals surface area contributed by atoms with Crippen LogP contribution < -0.4 is 5.43 Å². The summed E-state index contributed by atoms with van der Waals surface area (Å²) in [7, 11) is 0. The predicted molar refractivity (Wildman–Crippen MR) is 69.6 cm³/mol. The molecule has 1 aliphatic rings. The first kappa shape index (κ1) is 11.9. The summed E-state index contributed by atoms with van der Waals surface area (Å²) in [6.45, 7) is 0.430. The first-order chi connectivity index (χ1) is 8.29. The van der Waals surface area contributed by atoms with Crippen molar-refractivity contribution in [2.75, 3.05) is 18.9 Å². The summed E-state index contributed by atoms with van der Waals surface area (Å²) >= 11 is 1.54. The van der Waals surface area contributed by atoms with Crippen molar-refractivity contribution >= 4 is 22.6 Å². The van der Waals surface area contributed by atoms with Crippen LogP contribution in [0.1, 0.15) is 5.56 Å². The van der Waals surface area contributed by atoms with Crippen LogP contribution in [0.5, 0.6) is 5.75 Å². The summed E-state index contributed by atoms with van der Waals surface area (Å²) in [4.78, 5) is 4.12. The molecule has 1 aromatic carbocycles. The van der Waals surface area contributed by atoms with E-state index in [0.717, 1.165) is 22.2 Å². The van der Waals surface area contributed by atoms with Gasteiger partial charge in [-0.15, -0.1) is 0 Å². The number of aliphatic imine (C=N–C) groups is 1. The maximum absolute atomic E-state index is 9.19. The maximum atomic E-state index is 9.19. The van der Waals surface area contributed by atoms with Crippen LogP contribution in [-0.4, -0.2) is 40.0 Å². The van der Waals surface area contributed by atoms with E-state index >= 15 is 0 Å². The third-order valence-corrected chi connectivity index (χ3v) is 3.10. The molecule has 0 saturated carbocycles. The van der Waals surface area contributed by atoms with E-state index in [1.54, 1.807) is 23.9 Å². The van der Waals surface area contributed by atoms with Crippen molar-refractivity contribution in [1.29, 1.82) is 0 Å². The molecule has 17 heavy (non-hydrogen) atoms. The number of aliphatic hydroxyl groups excluding tert-OH is 1. The Kier molecular flexibility index (Phi) is 4.00. The molecule has 0 amide bonds. The molecule has 0 radical (unpaired) electrons. The molecule has 0 atom stereocenters. The van der Waals surface area contributed by atoms with E-state index < -0.39 is 0 Å². The minimum Gasteiger partial charge on any atom is -0.508 e. The van der Waals surface area contributed by atoms with Crippen LogP contribution in [0.2, 0.25) is 0 Å². The Morgan fingerprint density at radius 1 is 1.35 bits per heavy atom. The molecule has 0 unspecified atom stereocenters. The number of nitrogens with zero attached hydrogens (tertiary/aromatic N) is 2. The van der Waals surface area contributed by atoms with Crippen molar-refractivity contribution in [3.05, 3.63) is 29.8 Å². The molecule has 1 aliphatic heterocycles. The Morgan fingerprint density at radius 2 is 2.12 bits per heavy atom. The zero-order valence-electron chi connectivity index (χ0n) is 9.13. The van der Waals surface area contributed by atoms with Gasteiger partial charge in [-0.3, -0.25) is 10.4 Å². The Morgan fingerprint density at radius 3 is 2.71 bits per heavy atom. The number of nitrogens with one attached hydrogen (secondary N) is 1. The van der Waals surface area contributed by atoms with E-state index in [-0.39, 0.29) is 12.4 Å². The molecule has 6 heteroatoms. The zero-order valence-corrected chi connectivity index (χ0v) is 9.94. The molecular weight excluding hydrogens is 238 g/mol. The summed E-state index contributed by atoms with van der Waals surface area (Å²) in [5, 5.41) is 22.8. The molecule has 0 aliphatic carbocycles. The number of hydrogen-bond donors (Lipinski definition) is 3. The minimum atomic E-state index is 0.0419. The molecule has 0 fully saturated rings. The standard InChI is InChI=1S/C11H13N3O2S/c15-6-5-12-11-14-13-10(7-17-11)8-1-3-9(16)4-2-8/h1-4,15-16H,5-7H2,(H,12,14). The average Bonchev–Trinajstić information content (AvgIpc) is 2.38. The first-order valence-corrected chi connectivity index (χ1v) is 6.18. The number of aromatic hydroxyl groups is 1. The highest BCUT2D eigenvalue weighted by Gasteiger charge is 2.12. The number of hydrazone groups is 1. The van der Waals surface area contributed by atoms with Gasteiger partial charge in [0.15, 0.2) is 5.17 Å². The van der Waals surface area contributed by atoms with Gasteiger partial charge in [0.05, 0.1) is 18.9 Å². The number of aliphatic hydroxyl groups is 1. The third kappa shape index (κ3) is 3.21. The zero-order chi connectivity index (χ0) is 12.1. The van der Waals surface area contributed by atoms with Gasteiger partial charge < -0.3 is 10.2 Å². The van der Waals surface area contributed by atoms with Gasteiger partial charge in [0, 0.05) is 5.75 Å². The molecule has 0 bridgehead atoms. The summed E-state index contributed by atoms with van der Waals surface area (Å²) in [6.07, 6.45) is 0. The number of phenols is 1. The highest BCUT2D eigenvalue weighted by molar-refractivity contribution is 8.14. The summed E-state index contributed by atoms with van der Waals surface area (Å²) in [6, 6.07) is 6.92. The van der Waals surface area contributed by atoms with Crippen molar-refractivity contribution in [3.8, 4) is 5.75 Å².